The van der Waals surface area contributed by atoms with Crippen LogP contribution in [0.3, 0.4) is 0 Å². The van der Waals surface area contributed by atoms with Crippen LogP contribution < -0.4 is 10.2 Å². The van der Waals surface area contributed by atoms with E-state index in [0.29, 0.717) is 6.04 Å². The number of hydrogen-bond donors (Lipinski definition) is 1. The quantitative estimate of drug-likeness (QED) is 0.904. The molecule has 0 aliphatic carbocycles. The Morgan fingerprint density at radius 2 is 2.12 bits per heavy atom. The van der Waals surface area contributed by atoms with E-state index in [-0.39, 0.29) is 0 Å². The second kappa shape index (κ2) is 6.03. The van der Waals surface area contributed by atoms with Crippen molar-refractivity contribution in [2.24, 2.45) is 0 Å². The molecule has 0 saturated heterocycles. The van der Waals surface area contributed by atoms with Gasteiger partial charge in [-0.15, -0.1) is 0 Å². The lowest BCUT2D eigenvalue weighted by Crippen LogP contribution is -2.29. The van der Waals surface area contributed by atoms with E-state index in [2.05, 4.69) is 57.0 Å². The highest BCUT2D eigenvalue weighted by Crippen LogP contribution is 2.29. The first-order chi connectivity index (χ1) is 7.61. The number of hydrogen-bond acceptors (Lipinski definition) is 4. The molecule has 90 valence electrons. The molecule has 1 rings (SSSR count). The van der Waals surface area contributed by atoms with E-state index < -0.39 is 0 Å². The van der Waals surface area contributed by atoms with Crippen LogP contribution in [-0.4, -0.2) is 29.6 Å². The van der Waals surface area contributed by atoms with Gasteiger partial charge in [0.1, 0.15) is 22.4 Å². The minimum absolute atomic E-state index is 0.459. The zero-order valence-corrected chi connectivity index (χ0v) is 11.9. The molecular weight excluding hydrogens is 268 g/mol. The lowest BCUT2D eigenvalue weighted by Gasteiger charge is -2.26. The van der Waals surface area contributed by atoms with E-state index in [4.69, 9.17) is 0 Å². The molecular formula is C11H19BrN4. The molecule has 0 saturated carbocycles. The molecule has 0 spiro atoms. The Labute approximate surface area is 106 Å². The molecule has 0 aromatic carbocycles. The second-order valence-electron chi connectivity index (χ2n) is 3.76. The Morgan fingerprint density at radius 1 is 1.44 bits per heavy atom. The van der Waals surface area contributed by atoms with E-state index in [1.54, 1.807) is 6.33 Å². The minimum atomic E-state index is 0.459. The predicted molar refractivity (Wildman–Crippen MR) is 72.1 cm³/mol. The molecule has 1 aromatic heterocycles. The number of halogens is 1. The average Bonchev–Trinajstić information content (AvgIpc) is 2.30. The minimum Gasteiger partial charge on any atom is -0.369 e. The largest absolute Gasteiger partial charge is 0.369 e. The van der Waals surface area contributed by atoms with E-state index in [1.165, 1.54) is 0 Å². The van der Waals surface area contributed by atoms with Crippen molar-refractivity contribution in [2.45, 2.75) is 33.2 Å². The lowest BCUT2D eigenvalue weighted by atomic mass is 10.2. The summed E-state index contributed by atoms with van der Waals surface area (Å²) in [7, 11) is 2.05. The maximum absolute atomic E-state index is 4.32. The molecule has 0 fully saturated rings. The van der Waals surface area contributed by atoms with Crippen molar-refractivity contribution in [3.63, 3.8) is 0 Å². The Balaban J connectivity index is 3.00. The first-order valence-corrected chi connectivity index (χ1v) is 6.38. The van der Waals surface area contributed by atoms with E-state index in [9.17, 15) is 0 Å². The summed E-state index contributed by atoms with van der Waals surface area (Å²) in [6, 6.07) is 0.459. The monoisotopic (exact) mass is 286 g/mol. The van der Waals surface area contributed by atoms with Crippen LogP contribution in [0.25, 0.3) is 0 Å². The second-order valence-corrected chi connectivity index (χ2v) is 4.55. The summed E-state index contributed by atoms with van der Waals surface area (Å²) >= 11 is 3.55. The van der Waals surface area contributed by atoms with Crippen LogP contribution in [-0.2, 0) is 0 Å². The summed E-state index contributed by atoms with van der Waals surface area (Å²) in [6.45, 7) is 7.25. The molecule has 0 aliphatic heterocycles. The molecule has 1 aromatic rings. The fourth-order valence-corrected chi connectivity index (χ4v) is 2.00. The van der Waals surface area contributed by atoms with Crippen LogP contribution in [0, 0.1) is 0 Å². The van der Waals surface area contributed by atoms with Crippen molar-refractivity contribution < 1.29 is 0 Å². The molecule has 1 atom stereocenters. The summed E-state index contributed by atoms with van der Waals surface area (Å²) in [5.41, 5.74) is 0. The molecule has 0 bridgehead atoms. The molecule has 0 aliphatic rings. The summed E-state index contributed by atoms with van der Waals surface area (Å²) in [6.07, 6.45) is 2.68. The highest BCUT2D eigenvalue weighted by molar-refractivity contribution is 9.10. The third-order valence-electron chi connectivity index (χ3n) is 2.70. The Hall–Kier alpha value is -0.840. The van der Waals surface area contributed by atoms with Gasteiger partial charge >= 0.3 is 0 Å². The van der Waals surface area contributed by atoms with Crippen LogP contribution in [0.2, 0.25) is 0 Å². The van der Waals surface area contributed by atoms with Crippen LogP contribution in [0.5, 0.6) is 0 Å². The van der Waals surface area contributed by atoms with Crippen LogP contribution in [0.4, 0.5) is 11.6 Å². The Morgan fingerprint density at radius 3 is 2.69 bits per heavy atom. The van der Waals surface area contributed by atoms with Crippen LogP contribution in [0.15, 0.2) is 10.8 Å². The summed E-state index contributed by atoms with van der Waals surface area (Å²) in [4.78, 5) is 10.7. The molecule has 4 nitrogen and oxygen atoms in total. The van der Waals surface area contributed by atoms with E-state index >= 15 is 0 Å². The molecule has 0 amide bonds. The van der Waals surface area contributed by atoms with Crippen molar-refractivity contribution in [3.8, 4) is 0 Å². The summed E-state index contributed by atoms with van der Waals surface area (Å²) in [5.74, 6) is 1.78. The van der Waals surface area contributed by atoms with Crippen molar-refractivity contribution >= 4 is 27.6 Å². The average molecular weight is 287 g/mol. The number of nitrogens with zero attached hydrogens (tertiary/aromatic N) is 3. The Bertz CT molecular complexity index is 343. The van der Waals surface area contributed by atoms with Gasteiger partial charge in [0, 0.05) is 19.6 Å². The van der Waals surface area contributed by atoms with Crippen LogP contribution >= 0.6 is 15.9 Å². The standard InChI is InChI=1S/C11H19BrN4/c1-5-8(3)16(4)11-9(12)10(13-6-2)14-7-15-11/h7-8H,5-6H2,1-4H3,(H,13,14,15). The predicted octanol–water partition coefficient (Wildman–Crippen LogP) is 2.91. The van der Waals surface area contributed by atoms with E-state index in [1.807, 2.05) is 6.92 Å². The highest BCUT2D eigenvalue weighted by atomic mass is 79.9. The normalized spacial score (nSPS) is 12.3. The first kappa shape index (κ1) is 13.2. The van der Waals surface area contributed by atoms with Gasteiger partial charge in [0.05, 0.1) is 0 Å². The molecule has 1 heterocycles. The summed E-state index contributed by atoms with van der Waals surface area (Å²) in [5, 5.41) is 3.20. The van der Waals surface area contributed by atoms with Crippen LogP contribution in [0.1, 0.15) is 27.2 Å². The number of anilines is 2. The molecule has 0 radical (unpaired) electrons. The van der Waals surface area contributed by atoms with Gasteiger partial charge < -0.3 is 10.2 Å². The van der Waals surface area contributed by atoms with Crippen molar-refractivity contribution in [3.05, 3.63) is 10.8 Å². The topological polar surface area (TPSA) is 41.1 Å². The lowest BCUT2D eigenvalue weighted by molar-refractivity contribution is 0.655. The summed E-state index contributed by atoms with van der Waals surface area (Å²) < 4.78 is 0.930. The number of rotatable bonds is 5. The smallest absolute Gasteiger partial charge is 0.148 e. The maximum Gasteiger partial charge on any atom is 0.148 e. The van der Waals surface area contributed by atoms with Crippen molar-refractivity contribution in [1.29, 1.82) is 0 Å². The Kier molecular flexibility index (Phi) is 4.99. The van der Waals surface area contributed by atoms with Gasteiger partial charge in [-0.3, -0.25) is 0 Å². The third-order valence-corrected chi connectivity index (χ3v) is 3.43. The number of nitrogens with one attached hydrogen (secondary N) is 1. The van der Waals surface area contributed by atoms with Gasteiger partial charge in [-0.25, -0.2) is 9.97 Å². The number of aromatic nitrogens is 2. The third kappa shape index (κ3) is 2.84. The molecule has 1 unspecified atom stereocenters. The first-order valence-electron chi connectivity index (χ1n) is 5.58. The van der Waals surface area contributed by atoms with Crippen molar-refractivity contribution in [1.82, 2.24) is 9.97 Å². The zero-order chi connectivity index (χ0) is 12.1. The van der Waals surface area contributed by atoms with Gasteiger partial charge in [-0.1, -0.05) is 6.92 Å². The van der Waals surface area contributed by atoms with Gasteiger partial charge in [0.25, 0.3) is 0 Å². The fraction of sp³-hybridized carbons (Fsp3) is 0.636. The van der Waals surface area contributed by atoms with Gasteiger partial charge in [0.15, 0.2) is 0 Å². The molecule has 1 N–H and O–H groups in total. The maximum atomic E-state index is 4.32. The van der Waals surface area contributed by atoms with Gasteiger partial charge in [0.2, 0.25) is 0 Å². The highest BCUT2D eigenvalue weighted by Gasteiger charge is 2.15. The molecule has 16 heavy (non-hydrogen) atoms. The fourth-order valence-electron chi connectivity index (χ4n) is 1.38. The van der Waals surface area contributed by atoms with Crippen molar-refractivity contribution in [2.75, 3.05) is 23.8 Å². The van der Waals surface area contributed by atoms with Gasteiger partial charge in [-0.2, -0.15) is 0 Å². The zero-order valence-electron chi connectivity index (χ0n) is 10.3. The van der Waals surface area contributed by atoms with Gasteiger partial charge in [-0.05, 0) is 36.2 Å². The van der Waals surface area contributed by atoms with E-state index in [0.717, 1.165) is 29.1 Å². The molecule has 5 heteroatoms. The SMILES string of the molecule is CCNc1ncnc(N(C)C(C)CC)c1Br.